The molecule has 0 saturated carbocycles. The summed E-state index contributed by atoms with van der Waals surface area (Å²) in [7, 11) is 0. The number of nitrogens with zero attached hydrogens (tertiary/aromatic N) is 3. The summed E-state index contributed by atoms with van der Waals surface area (Å²) in [6, 6.07) is 0. The van der Waals surface area contributed by atoms with Gasteiger partial charge in [-0.3, -0.25) is 4.79 Å². The van der Waals surface area contributed by atoms with Crippen LogP contribution in [0.15, 0.2) is 17.3 Å². The standard InChI is InChI=1S/C6H6N4O2.2CH4.Y/c11-3-10-5-4(1-9-10)6(12)8-2-7-5;;;/h1-2,11H,3H2,(H,7,8,12);2*1H4;. The van der Waals surface area contributed by atoms with Crippen LogP contribution in [0.1, 0.15) is 14.9 Å². The van der Waals surface area contributed by atoms with E-state index >= 15 is 0 Å². The summed E-state index contributed by atoms with van der Waals surface area (Å²) in [5.74, 6) is 0. The second-order valence-corrected chi connectivity index (χ2v) is 2.25. The van der Waals surface area contributed by atoms with Gasteiger partial charge in [-0.05, 0) is 0 Å². The van der Waals surface area contributed by atoms with Gasteiger partial charge in [0.05, 0.1) is 12.5 Å². The van der Waals surface area contributed by atoms with Crippen molar-refractivity contribution in [3.05, 3.63) is 22.9 Å². The molecule has 0 saturated heterocycles. The molecular weight excluding hydrogens is 273 g/mol. The van der Waals surface area contributed by atoms with Crippen molar-refractivity contribution in [1.82, 2.24) is 19.7 Å². The van der Waals surface area contributed by atoms with E-state index < -0.39 is 0 Å². The molecule has 2 rings (SSSR count). The van der Waals surface area contributed by atoms with E-state index in [4.69, 9.17) is 5.11 Å². The predicted octanol–water partition coefficient (Wildman–Crippen LogP) is 0.339. The van der Waals surface area contributed by atoms with E-state index in [-0.39, 0.29) is 59.9 Å². The molecule has 0 atom stereocenters. The van der Waals surface area contributed by atoms with Gasteiger partial charge in [0, 0.05) is 32.7 Å². The maximum atomic E-state index is 11.1. The molecule has 0 bridgehead atoms. The van der Waals surface area contributed by atoms with Gasteiger partial charge in [-0.1, -0.05) is 14.9 Å². The van der Waals surface area contributed by atoms with Crippen molar-refractivity contribution in [2.45, 2.75) is 21.6 Å². The van der Waals surface area contributed by atoms with Gasteiger partial charge in [-0.2, -0.15) is 5.10 Å². The summed E-state index contributed by atoms with van der Waals surface area (Å²) in [5.41, 5.74) is 0.140. The van der Waals surface area contributed by atoms with E-state index in [1.807, 2.05) is 0 Å². The zero-order valence-corrected chi connectivity index (χ0v) is 9.47. The average molecular weight is 287 g/mol. The minimum absolute atomic E-state index is 0. The van der Waals surface area contributed by atoms with E-state index in [0.717, 1.165) is 0 Å². The Balaban J connectivity index is 0. The molecule has 0 aromatic carbocycles. The molecular formula is C8H14N4O2Y. The topological polar surface area (TPSA) is 83.8 Å². The van der Waals surface area contributed by atoms with Crippen molar-refractivity contribution in [2.24, 2.45) is 0 Å². The van der Waals surface area contributed by atoms with Crippen LogP contribution in [0.3, 0.4) is 0 Å². The maximum Gasteiger partial charge on any atom is 0.261 e. The van der Waals surface area contributed by atoms with Gasteiger partial charge < -0.3 is 10.1 Å². The number of aliphatic hydroxyl groups is 1. The average Bonchev–Trinajstić information content (AvgIpc) is 2.49. The summed E-state index contributed by atoms with van der Waals surface area (Å²) >= 11 is 0. The van der Waals surface area contributed by atoms with Gasteiger partial charge in [-0.25, -0.2) is 9.67 Å². The van der Waals surface area contributed by atoms with Gasteiger partial charge >= 0.3 is 0 Å². The fraction of sp³-hybridized carbons (Fsp3) is 0.375. The van der Waals surface area contributed by atoms with Crippen molar-refractivity contribution in [3.63, 3.8) is 0 Å². The first-order valence-corrected chi connectivity index (χ1v) is 3.33. The molecule has 0 aliphatic heterocycles. The molecule has 2 N–H and O–H groups in total. The number of rotatable bonds is 1. The smallest absolute Gasteiger partial charge is 0.261 e. The monoisotopic (exact) mass is 287 g/mol. The summed E-state index contributed by atoms with van der Waals surface area (Å²) in [6.45, 7) is -0.278. The zero-order chi connectivity index (χ0) is 8.55. The van der Waals surface area contributed by atoms with Gasteiger partial charge in [-0.15, -0.1) is 0 Å². The van der Waals surface area contributed by atoms with Gasteiger partial charge in [0.15, 0.2) is 5.65 Å². The SMILES string of the molecule is C.C.O=c1[nH]cnc2c1cnn2CO.[Y]. The number of aromatic nitrogens is 4. The van der Waals surface area contributed by atoms with Crippen LogP contribution in [0, 0.1) is 0 Å². The molecule has 0 aliphatic rings. The van der Waals surface area contributed by atoms with Crippen LogP contribution in [0.4, 0.5) is 0 Å². The zero-order valence-electron chi connectivity index (χ0n) is 6.64. The number of H-pyrrole nitrogens is 1. The third-order valence-electron chi connectivity index (χ3n) is 1.57. The Kier molecular flexibility index (Phi) is 7.65. The molecule has 0 amide bonds. The fourth-order valence-electron chi connectivity index (χ4n) is 1.01. The normalized spacial score (nSPS) is 8.60. The number of fused-ring (bicyclic) bond motifs is 1. The molecule has 2 aromatic rings. The van der Waals surface area contributed by atoms with Crippen molar-refractivity contribution >= 4 is 11.0 Å². The van der Waals surface area contributed by atoms with Crippen LogP contribution in [-0.4, -0.2) is 24.9 Å². The van der Waals surface area contributed by atoms with Crippen LogP contribution >= 0.6 is 0 Å². The van der Waals surface area contributed by atoms with Crippen LogP contribution in [0.2, 0.25) is 0 Å². The predicted molar refractivity (Wildman–Crippen MR) is 53.8 cm³/mol. The number of aliphatic hydroxyl groups excluding tert-OH is 1. The first-order chi connectivity index (χ1) is 5.83. The molecule has 6 nitrogen and oxygen atoms in total. The summed E-state index contributed by atoms with van der Waals surface area (Å²) in [5, 5.41) is 12.9. The molecule has 15 heavy (non-hydrogen) atoms. The van der Waals surface area contributed by atoms with Crippen LogP contribution in [0.5, 0.6) is 0 Å². The molecule has 2 aromatic heterocycles. The summed E-state index contributed by atoms with van der Waals surface area (Å²) < 4.78 is 1.24. The third-order valence-corrected chi connectivity index (χ3v) is 1.57. The van der Waals surface area contributed by atoms with Crippen molar-refractivity contribution in [1.29, 1.82) is 0 Å². The quantitative estimate of drug-likeness (QED) is 0.792. The first-order valence-electron chi connectivity index (χ1n) is 3.33. The van der Waals surface area contributed by atoms with E-state index in [1.54, 1.807) is 0 Å². The van der Waals surface area contributed by atoms with Crippen molar-refractivity contribution < 1.29 is 37.8 Å². The van der Waals surface area contributed by atoms with E-state index in [2.05, 4.69) is 15.1 Å². The Hall–Kier alpha value is -0.586. The Morgan fingerprint density at radius 3 is 2.73 bits per heavy atom. The third kappa shape index (κ3) is 2.93. The van der Waals surface area contributed by atoms with E-state index in [0.29, 0.717) is 11.0 Å². The Morgan fingerprint density at radius 2 is 2.13 bits per heavy atom. The summed E-state index contributed by atoms with van der Waals surface area (Å²) in [4.78, 5) is 17.3. The van der Waals surface area contributed by atoms with Gasteiger partial charge in [0.25, 0.3) is 5.56 Å². The molecule has 0 aliphatic carbocycles. The molecule has 1 radical (unpaired) electrons. The largest absolute Gasteiger partial charge is 0.374 e. The second-order valence-electron chi connectivity index (χ2n) is 2.25. The second kappa shape index (κ2) is 6.82. The molecule has 2 heterocycles. The first kappa shape index (κ1) is 16.8. The molecule has 7 heteroatoms. The molecule has 81 valence electrons. The van der Waals surface area contributed by atoms with E-state index in [1.165, 1.54) is 17.2 Å². The van der Waals surface area contributed by atoms with Crippen LogP contribution < -0.4 is 5.56 Å². The molecule has 0 fully saturated rings. The number of hydrogen-bond donors (Lipinski definition) is 2. The number of nitrogens with one attached hydrogen (secondary N) is 1. The van der Waals surface area contributed by atoms with E-state index in [9.17, 15) is 4.79 Å². The molecule has 0 spiro atoms. The number of aromatic amines is 1. The minimum atomic E-state index is -0.278. The Labute approximate surface area is 113 Å². The Morgan fingerprint density at radius 1 is 1.47 bits per heavy atom. The van der Waals surface area contributed by atoms with Crippen molar-refractivity contribution in [2.75, 3.05) is 0 Å². The van der Waals surface area contributed by atoms with Gasteiger partial charge in [0.1, 0.15) is 12.1 Å². The van der Waals surface area contributed by atoms with Gasteiger partial charge in [0.2, 0.25) is 0 Å². The van der Waals surface area contributed by atoms with Crippen LogP contribution in [-0.2, 0) is 39.4 Å². The Bertz CT molecular complexity index is 465. The van der Waals surface area contributed by atoms with Crippen LogP contribution in [0.25, 0.3) is 11.0 Å². The fourth-order valence-corrected chi connectivity index (χ4v) is 1.01. The maximum absolute atomic E-state index is 11.1. The molecule has 0 unspecified atom stereocenters. The number of hydrogen-bond acceptors (Lipinski definition) is 4. The summed E-state index contributed by atoms with van der Waals surface area (Å²) in [6.07, 6.45) is 2.65. The minimum Gasteiger partial charge on any atom is -0.374 e. The van der Waals surface area contributed by atoms with Crippen molar-refractivity contribution in [3.8, 4) is 0 Å².